The minimum atomic E-state index is -0.372. The number of aromatic nitrogens is 2. The van der Waals surface area contributed by atoms with Gasteiger partial charge < -0.3 is 11.1 Å². The van der Waals surface area contributed by atoms with Crippen molar-refractivity contribution in [1.82, 2.24) is 15.1 Å². The fourth-order valence-corrected chi connectivity index (χ4v) is 3.47. The molecule has 3 N–H and O–H groups in total. The van der Waals surface area contributed by atoms with Gasteiger partial charge in [0.1, 0.15) is 10.8 Å². The van der Waals surface area contributed by atoms with E-state index in [1.807, 2.05) is 0 Å². The number of anilines is 1. The molecule has 1 saturated heterocycles. The second-order valence-corrected chi connectivity index (χ2v) is 6.98. The molecule has 1 aliphatic rings. The van der Waals surface area contributed by atoms with Crippen molar-refractivity contribution in [2.24, 2.45) is 11.7 Å². The van der Waals surface area contributed by atoms with Crippen LogP contribution in [0.3, 0.4) is 0 Å². The lowest BCUT2D eigenvalue weighted by Crippen LogP contribution is -2.38. The molecule has 9 heteroatoms. The van der Waals surface area contributed by atoms with Crippen molar-refractivity contribution in [2.75, 3.05) is 18.4 Å². The van der Waals surface area contributed by atoms with Crippen molar-refractivity contribution in [3.8, 4) is 0 Å². The van der Waals surface area contributed by atoms with E-state index in [2.05, 4.69) is 20.4 Å². The molecule has 132 valence electrons. The molecular weight excluding hydrogens is 345 g/mol. The molecule has 0 radical (unpaired) electrons. The van der Waals surface area contributed by atoms with Crippen LogP contribution in [0.4, 0.5) is 10.1 Å². The predicted molar refractivity (Wildman–Crippen MR) is 91.5 cm³/mol. The van der Waals surface area contributed by atoms with E-state index in [1.54, 1.807) is 0 Å². The van der Waals surface area contributed by atoms with Gasteiger partial charge in [0.2, 0.25) is 10.9 Å². The highest BCUT2D eigenvalue weighted by atomic mass is 32.1. The van der Waals surface area contributed by atoms with Crippen LogP contribution in [0.2, 0.25) is 0 Å². The van der Waals surface area contributed by atoms with Gasteiger partial charge in [-0.2, -0.15) is 0 Å². The molecule has 1 aliphatic heterocycles. The Bertz CT molecular complexity index is 756. The summed E-state index contributed by atoms with van der Waals surface area (Å²) in [5.41, 5.74) is 5.83. The van der Waals surface area contributed by atoms with Gasteiger partial charge in [0.15, 0.2) is 0 Å². The second kappa shape index (κ2) is 7.66. The Hall–Kier alpha value is -2.39. The lowest BCUT2D eigenvalue weighted by Gasteiger charge is -2.29. The molecule has 0 aliphatic carbocycles. The Balaban J connectivity index is 1.54. The molecule has 0 saturated carbocycles. The Morgan fingerprint density at radius 2 is 1.92 bits per heavy atom. The molecule has 1 aromatic heterocycles. The van der Waals surface area contributed by atoms with E-state index in [1.165, 1.54) is 35.6 Å². The summed E-state index contributed by atoms with van der Waals surface area (Å²) in [6, 6.07) is 5.52. The number of nitrogens with one attached hydrogen (secondary N) is 1. The Morgan fingerprint density at radius 1 is 1.24 bits per heavy atom. The van der Waals surface area contributed by atoms with Gasteiger partial charge in [-0.05, 0) is 50.2 Å². The van der Waals surface area contributed by atoms with Crippen LogP contribution in [-0.4, -0.2) is 40.0 Å². The number of carbonyl (C=O) groups excluding carboxylic acids is 2. The van der Waals surface area contributed by atoms with Gasteiger partial charge >= 0.3 is 0 Å². The zero-order valence-electron chi connectivity index (χ0n) is 13.4. The third-order valence-corrected chi connectivity index (χ3v) is 5.02. The maximum atomic E-state index is 12.9. The molecule has 1 aromatic carbocycles. The van der Waals surface area contributed by atoms with E-state index in [0.717, 1.165) is 30.9 Å². The van der Waals surface area contributed by atoms with Crippen molar-refractivity contribution in [2.45, 2.75) is 19.4 Å². The average molecular weight is 363 g/mol. The summed E-state index contributed by atoms with van der Waals surface area (Å²) < 4.78 is 12.9. The quantitative estimate of drug-likeness (QED) is 0.841. The molecule has 0 unspecified atom stereocenters. The number of likely N-dealkylation sites (tertiary alicyclic amines) is 1. The number of carbonyl (C=O) groups is 2. The van der Waals surface area contributed by atoms with E-state index in [-0.39, 0.29) is 28.6 Å². The fourth-order valence-electron chi connectivity index (χ4n) is 2.69. The third kappa shape index (κ3) is 4.58. The highest BCUT2D eigenvalue weighted by molar-refractivity contribution is 7.13. The van der Waals surface area contributed by atoms with Crippen LogP contribution in [0.5, 0.6) is 0 Å². The highest BCUT2D eigenvalue weighted by Gasteiger charge is 2.24. The van der Waals surface area contributed by atoms with Gasteiger partial charge in [-0.25, -0.2) is 4.39 Å². The van der Waals surface area contributed by atoms with E-state index >= 15 is 0 Å². The first-order valence-corrected chi connectivity index (χ1v) is 8.74. The Labute approximate surface area is 148 Å². The van der Waals surface area contributed by atoms with Crippen molar-refractivity contribution < 1.29 is 14.0 Å². The van der Waals surface area contributed by atoms with Crippen LogP contribution >= 0.6 is 11.3 Å². The van der Waals surface area contributed by atoms with Crippen LogP contribution < -0.4 is 11.1 Å². The van der Waals surface area contributed by atoms with Crippen molar-refractivity contribution in [3.63, 3.8) is 0 Å². The molecule has 7 nitrogen and oxygen atoms in total. The predicted octanol–water partition coefficient (Wildman–Crippen LogP) is 1.63. The largest absolute Gasteiger partial charge is 0.369 e. The molecule has 2 aromatic rings. The molecule has 0 spiro atoms. The number of halogens is 1. The van der Waals surface area contributed by atoms with Crippen molar-refractivity contribution in [1.29, 1.82) is 0 Å². The number of nitrogens with zero attached hydrogens (tertiary/aromatic N) is 3. The summed E-state index contributed by atoms with van der Waals surface area (Å²) in [5.74, 6) is -1.03. The van der Waals surface area contributed by atoms with Crippen LogP contribution in [0, 0.1) is 11.7 Å². The number of nitrogens with two attached hydrogens (primary N) is 1. The first kappa shape index (κ1) is 17.4. The lowest BCUT2D eigenvalue weighted by atomic mass is 9.96. The summed E-state index contributed by atoms with van der Waals surface area (Å²) in [6.45, 7) is 2.13. The molecule has 2 heterocycles. The summed E-state index contributed by atoms with van der Waals surface area (Å²) in [7, 11) is 0. The molecule has 2 amide bonds. The van der Waals surface area contributed by atoms with Crippen LogP contribution in [0.15, 0.2) is 24.3 Å². The Morgan fingerprint density at radius 3 is 2.56 bits per heavy atom. The van der Waals surface area contributed by atoms with Gasteiger partial charge in [-0.15, -0.1) is 10.2 Å². The van der Waals surface area contributed by atoms with Crippen LogP contribution in [-0.2, 0) is 11.3 Å². The number of hydrogen-bond acceptors (Lipinski definition) is 6. The first-order chi connectivity index (χ1) is 12.0. The first-order valence-electron chi connectivity index (χ1n) is 7.92. The van der Waals surface area contributed by atoms with Gasteiger partial charge in [0, 0.05) is 11.6 Å². The molecular formula is C16H18FN5O2S. The summed E-state index contributed by atoms with van der Waals surface area (Å²) in [6.07, 6.45) is 1.48. The topological polar surface area (TPSA) is 101 Å². The number of benzene rings is 1. The number of rotatable bonds is 5. The molecule has 0 atom stereocenters. The normalized spacial score (nSPS) is 15.9. The highest BCUT2D eigenvalue weighted by Crippen LogP contribution is 2.20. The van der Waals surface area contributed by atoms with Crippen molar-refractivity contribution >= 4 is 28.8 Å². The van der Waals surface area contributed by atoms with E-state index < -0.39 is 0 Å². The second-order valence-electron chi connectivity index (χ2n) is 5.91. The summed E-state index contributed by atoms with van der Waals surface area (Å²) in [4.78, 5) is 25.5. The molecule has 25 heavy (non-hydrogen) atoms. The lowest BCUT2D eigenvalue weighted by molar-refractivity contribution is -0.123. The van der Waals surface area contributed by atoms with Gasteiger partial charge in [-0.1, -0.05) is 11.3 Å². The molecule has 1 fully saturated rings. The maximum Gasteiger partial charge on any atom is 0.286 e. The number of piperidine rings is 1. The van der Waals surface area contributed by atoms with Gasteiger partial charge in [0.05, 0.1) is 6.54 Å². The fraction of sp³-hybridized carbons (Fsp3) is 0.375. The summed E-state index contributed by atoms with van der Waals surface area (Å²) >= 11 is 1.22. The monoisotopic (exact) mass is 363 g/mol. The minimum absolute atomic E-state index is 0.0530. The van der Waals surface area contributed by atoms with E-state index in [9.17, 15) is 14.0 Å². The Kier molecular flexibility index (Phi) is 5.34. The molecule has 3 rings (SSSR count). The van der Waals surface area contributed by atoms with Crippen molar-refractivity contribution in [3.05, 3.63) is 40.1 Å². The average Bonchev–Trinajstić information content (AvgIpc) is 3.06. The minimum Gasteiger partial charge on any atom is -0.369 e. The smallest absolute Gasteiger partial charge is 0.286 e. The number of amides is 2. The molecule has 0 bridgehead atoms. The SMILES string of the molecule is NC(=O)C1CCN(Cc2nnc(C(=O)Nc3ccc(F)cc3)s2)CC1. The van der Waals surface area contributed by atoms with Gasteiger partial charge in [-0.3, -0.25) is 14.5 Å². The van der Waals surface area contributed by atoms with E-state index in [0.29, 0.717) is 12.2 Å². The van der Waals surface area contributed by atoms with E-state index in [4.69, 9.17) is 5.73 Å². The summed E-state index contributed by atoms with van der Waals surface area (Å²) in [5, 5.41) is 11.6. The van der Waals surface area contributed by atoms with Crippen LogP contribution in [0.25, 0.3) is 0 Å². The third-order valence-electron chi connectivity index (χ3n) is 4.11. The number of hydrogen-bond donors (Lipinski definition) is 2. The zero-order valence-corrected chi connectivity index (χ0v) is 14.3. The van der Waals surface area contributed by atoms with Crippen LogP contribution in [0.1, 0.15) is 27.7 Å². The standard InChI is InChI=1S/C16H18FN5O2S/c17-11-1-3-12(4-2-11)19-15(24)16-21-20-13(25-16)9-22-7-5-10(6-8-22)14(18)23/h1-4,10H,5-9H2,(H2,18,23)(H,19,24). The zero-order chi connectivity index (χ0) is 17.8. The van der Waals surface area contributed by atoms with Gasteiger partial charge in [0.25, 0.3) is 5.91 Å². The number of primary amides is 1. The maximum absolute atomic E-state index is 12.9.